The fourth-order valence-corrected chi connectivity index (χ4v) is 3.36. The Labute approximate surface area is 208 Å². The van der Waals surface area contributed by atoms with E-state index in [1.807, 2.05) is 91.0 Å². The molecule has 0 aliphatic rings. The number of nitrogens with one attached hydrogen (secondary N) is 3. The highest BCUT2D eigenvalue weighted by atomic mass is 16.5. The molecule has 9 nitrogen and oxygen atoms in total. The molecule has 0 spiro atoms. The minimum absolute atomic E-state index is 0.324. The second-order valence-corrected chi connectivity index (χ2v) is 7.76. The van der Waals surface area contributed by atoms with Crippen LogP contribution in [0.25, 0.3) is 16.9 Å². The summed E-state index contributed by atoms with van der Waals surface area (Å²) in [7, 11) is 0. The number of anilines is 1. The minimum Gasteiger partial charge on any atom is -0.454 e. The summed E-state index contributed by atoms with van der Waals surface area (Å²) in [5.41, 5.74) is 3.26. The molecule has 0 aliphatic heterocycles. The van der Waals surface area contributed by atoms with Gasteiger partial charge in [0.05, 0.1) is 11.4 Å². The first kappa shape index (κ1) is 24.2. The molecule has 0 bridgehead atoms. The zero-order valence-corrected chi connectivity index (χ0v) is 19.4. The summed E-state index contributed by atoms with van der Waals surface area (Å²) in [4.78, 5) is 36.4. The van der Waals surface area contributed by atoms with Crippen LogP contribution in [0.2, 0.25) is 0 Å². The number of urea groups is 1. The van der Waals surface area contributed by atoms with Gasteiger partial charge in [0.25, 0.3) is 5.91 Å². The molecule has 1 heterocycles. The number of para-hydroxylation sites is 1. The van der Waals surface area contributed by atoms with Crippen LogP contribution in [0, 0.1) is 0 Å². The molecule has 0 fully saturated rings. The summed E-state index contributed by atoms with van der Waals surface area (Å²) in [6, 6.07) is 29.5. The Hall–Kier alpha value is -4.92. The average molecular weight is 484 g/mol. The highest BCUT2D eigenvalue weighted by molar-refractivity contribution is 5.93. The summed E-state index contributed by atoms with van der Waals surface area (Å²) >= 11 is 0. The number of ether oxygens (including phenoxy) is 1. The maximum Gasteiger partial charge on any atom is 0.325 e. The maximum atomic E-state index is 12.5. The number of esters is 1. The lowest BCUT2D eigenvalue weighted by Gasteiger charge is -2.10. The van der Waals surface area contributed by atoms with Crippen molar-refractivity contribution in [3.05, 3.63) is 103 Å². The molecule has 36 heavy (non-hydrogen) atoms. The van der Waals surface area contributed by atoms with E-state index in [-0.39, 0.29) is 6.54 Å². The predicted molar refractivity (Wildman–Crippen MR) is 135 cm³/mol. The zero-order chi connectivity index (χ0) is 25.2. The molecule has 9 heteroatoms. The van der Waals surface area contributed by atoms with Crippen LogP contribution in [0.4, 0.5) is 10.6 Å². The third kappa shape index (κ3) is 6.80. The van der Waals surface area contributed by atoms with Crippen LogP contribution in [-0.4, -0.2) is 40.8 Å². The molecule has 0 aliphatic carbocycles. The number of hydrogen-bond donors (Lipinski definition) is 3. The predicted octanol–water partition coefficient (Wildman–Crippen LogP) is 3.52. The number of nitrogens with zero attached hydrogens (tertiary/aromatic N) is 2. The fourth-order valence-electron chi connectivity index (χ4n) is 3.36. The van der Waals surface area contributed by atoms with E-state index in [2.05, 4.69) is 21.0 Å². The van der Waals surface area contributed by atoms with Gasteiger partial charge < -0.3 is 20.7 Å². The Balaban J connectivity index is 1.30. The molecule has 0 radical (unpaired) electrons. The van der Waals surface area contributed by atoms with Gasteiger partial charge in [-0.1, -0.05) is 78.9 Å². The lowest BCUT2D eigenvalue weighted by Crippen LogP contribution is -2.39. The number of benzene rings is 3. The lowest BCUT2D eigenvalue weighted by molar-refractivity contribution is -0.146. The van der Waals surface area contributed by atoms with Crippen molar-refractivity contribution in [2.45, 2.75) is 6.54 Å². The standard InChI is InChI=1S/C27H25N5O4/c33-25(19-36-26(34)18-29-27(35)28-17-20-10-4-1-5-11-20)30-24-16-23(21-12-6-2-7-13-21)31-32(24)22-14-8-3-9-15-22/h1-16H,17-19H2,(H,30,33)(H2,28,29,35). The fraction of sp³-hybridized carbons (Fsp3) is 0.111. The molecule has 4 aromatic rings. The van der Waals surface area contributed by atoms with Crippen molar-refractivity contribution < 1.29 is 19.1 Å². The number of hydrogen-bond acceptors (Lipinski definition) is 5. The number of rotatable bonds is 9. The number of carbonyl (C=O) groups excluding carboxylic acids is 3. The summed E-state index contributed by atoms with van der Waals surface area (Å²) in [6.07, 6.45) is 0. The second-order valence-electron chi connectivity index (χ2n) is 7.76. The summed E-state index contributed by atoms with van der Waals surface area (Å²) in [6.45, 7) is -0.551. The quantitative estimate of drug-likeness (QED) is 0.315. The van der Waals surface area contributed by atoms with Crippen molar-refractivity contribution in [1.82, 2.24) is 20.4 Å². The first-order valence-electron chi connectivity index (χ1n) is 11.3. The van der Waals surface area contributed by atoms with Crippen LogP contribution in [0.1, 0.15) is 5.56 Å². The highest BCUT2D eigenvalue weighted by Gasteiger charge is 2.15. The normalized spacial score (nSPS) is 10.3. The molecule has 182 valence electrons. The van der Waals surface area contributed by atoms with E-state index < -0.39 is 24.5 Å². The molecule has 0 saturated heterocycles. The van der Waals surface area contributed by atoms with Crippen LogP contribution in [0.5, 0.6) is 0 Å². The van der Waals surface area contributed by atoms with E-state index in [1.54, 1.807) is 10.7 Å². The van der Waals surface area contributed by atoms with Crippen molar-refractivity contribution in [1.29, 1.82) is 0 Å². The second kappa shape index (κ2) is 12.0. The maximum absolute atomic E-state index is 12.5. The molecule has 3 N–H and O–H groups in total. The van der Waals surface area contributed by atoms with Gasteiger partial charge in [0.15, 0.2) is 6.61 Å². The van der Waals surface area contributed by atoms with Crippen LogP contribution >= 0.6 is 0 Å². The molecule has 4 rings (SSSR count). The van der Waals surface area contributed by atoms with E-state index in [9.17, 15) is 14.4 Å². The molecule has 0 atom stereocenters. The Morgan fingerprint density at radius 1 is 0.806 bits per heavy atom. The van der Waals surface area contributed by atoms with Crippen molar-refractivity contribution >= 4 is 23.7 Å². The molecule has 3 aromatic carbocycles. The van der Waals surface area contributed by atoms with Gasteiger partial charge in [-0.15, -0.1) is 0 Å². The molecule has 0 saturated carbocycles. The summed E-state index contributed by atoms with van der Waals surface area (Å²) < 4.78 is 6.61. The first-order chi connectivity index (χ1) is 17.6. The number of amides is 3. The Morgan fingerprint density at radius 2 is 1.44 bits per heavy atom. The van der Waals surface area contributed by atoms with E-state index in [4.69, 9.17) is 4.74 Å². The van der Waals surface area contributed by atoms with Gasteiger partial charge in [-0.2, -0.15) is 5.10 Å². The van der Waals surface area contributed by atoms with Crippen molar-refractivity contribution in [2.24, 2.45) is 0 Å². The third-order valence-electron chi connectivity index (χ3n) is 5.10. The largest absolute Gasteiger partial charge is 0.454 e. The zero-order valence-electron chi connectivity index (χ0n) is 19.4. The minimum atomic E-state index is -0.735. The highest BCUT2D eigenvalue weighted by Crippen LogP contribution is 2.24. The van der Waals surface area contributed by atoms with E-state index in [0.717, 1.165) is 16.8 Å². The molecule has 1 aromatic heterocycles. The molecule has 0 unspecified atom stereocenters. The van der Waals surface area contributed by atoms with Crippen molar-refractivity contribution in [3.63, 3.8) is 0 Å². The number of carbonyl (C=O) groups is 3. The van der Waals surface area contributed by atoms with Crippen molar-refractivity contribution in [3.8, 4) is 16.9 Å². The van der Waals surface area contributed by atoms with Gasteiger partial charge in [0, 0.05) is 18.2 Å². The molecular weight excluding hydrogens is 458 g/mol. The Morgan fingerprint density at radius 3 is 2.14 bits per heavy atom. The van der Waals surface area contributed by atoms with Gasteiger partial charge in [-0.3, -0.25) is 9.59 Å². The van der Waals surface area contributed by atoms with Crippen LogP contribution in [-0.2, 0) is 20.9 Å². The van der Waals surface area contributed by atoms with Gasteiger partial charge >= 0.3 is 12.0 Å². The van der Waals surface area contributed by atoms with Crippen LogP contribution in [0.3, 0.4) is 0 Å². The monoisotopic (exact) mass is 483 g/mol. The topological polar surface area (TPSA) is 114 Å². The molecular formula is C27H25N5O4. The molecule has 3 amide bonds. The van der Waals surface area contributed by atoms with Crippen LogP contribution < -0.4 is 16.0 Å². The smallest absolute Gasteiger partial charge is 0.325 e. The Kier molecular flexibility index (Phi) is 8.06. The summed E-state index contributed by atoms with van der Waals surface area (Å²) in [5, 5.41) is 12.4. The van der Waals surface area contributed by atoms with E-state index >= 15 is 0 Å². The lowest BCUT2D eigenvalue weighted by atomic mass is 10.2. The van der Waals surface area contributed by atoms with Crippen LogP contribution in [0.15, 0.2) is 97.1 Å². The Bertz CT molecular complexity index is 1310. The number of aromatic nitrogens is 2. The van der Waals surface area contributed by atoms with Crippen molar-refractivity contribution in [2.75, 3.05) is 18.5 Å². The van der Waals surface area contributed by atoms with Gasteiger partial charge in [-0.05, 0) is 17.7 Å². The van der Waals surface area contributed by atoms with Gasteiger partial charge in [-0.25, -0.2) is 9.48 Å². The summed E-state index contributed by atoms with van der Waals surface area (Å²) in [5.74, 6) is -0.838. The first-order valence-corrected chi connectivity index (χ1v) is 11.3. The third-order valence-corrected chi connectivity index (χ3v) is 5.10. The SMILES string of the molecule is O=C(COC(=O)CNC(=O)NCc1ccccc1)Nc1cc(-c2ccccc2)nn1-c1ccccc1. The van der Waals surface area contributed by atoms with E-state index in [1.165, 1.54) is 0 Å². The van der Waals surface area contributed by atoms with E-state index in [0.29, 0.717) is 18.1 Å². The average Bonchev–Trinajstić information content (AvgIpc) is 3.34. The van der Waals surface area contributed by atoms with Gasteiger partial charge in [0.2, 0.25) is 0 Å². The van der Waals surface area contributed by atoms with Gasteiger partial charge in [0.1, 0.15) is 12.4 Å².